The molecule has 2 N–H and O–H groups in total. The summed E-state index contributed by atoms with van der Waals surface area (Å²) >= 11 is 0. The van der Waals surface area contributed by atoms with E-state index in [1.807, 2.05) is 21.7 Å². The first-order valence-electron chi connectivity index (χ1n) is 12.6. The van der Waals surface area contributed by atoms with Gasteiger partial charge in [0.05, 0.1) is 42.0 Å². The number of likely N-dealkylation sites (tertiary alicyclic amines) is 1. The lowest BCUT2D eigenvalue weighted by molar-refractivity contribution is 0.0711. The third kappa shape index (κ3) is 4.46. The number of nitrogens with zero attached hydrogens (tertiary/aromatic N) is 8. The minimum absolute atomic E-state index is 0.0250. The van der Waals surface area contributed by atoms with Crippen molar-refractivity contribution in [2.45, 2.75) is 31.7 Å². The molecule has 11 nitrogen and oxygen atoms in total. The lowest BCUT2D eigenvalue weighted by Crippen LogP contribution is -2.44. The number of piperidine rings is 1. The lowest BCUT2D eigenvalue weighted by atomic mass is 9.93. The minimum Gasteiger partial charge on any atom is -0.377 e. The molecule has 6 rings (SSSR count). The number of carbonyl (C=O) groups excluding carboxylic acids is 1. The number of nitrogens with two attached hydrogens (primary N) is 1. The van der Waals surface area contributed by atoms with Crippen LogP contribution in [0.3, 0.4) is 0 Å². The summed E-state index contributed by atoms with van der Waals surface area (Å²) in [6.07, 6.45) is 10.3. The van der Waals surface area contributed by atoms with E-state index < -0.39 is 0 Å². The number of morpholine rings is 1. The molecule has 0 spiro atoms. The average Bonchev–Trinajstić information content (AvgIpc) is 3.38. The van der Waals surface area contributed by atoms with Crippen LogP contribution in [0.2, 0.25) is 0 Å². The van der Waals surface area contributed by atoms with Gasteiger partial charge in [-0.25, -0.2) is 19.5 Å². The van der Waals surface area contributed by atoms with Crippen molar-refractivity contribution in [2.75, 3.05) is 43.5 Å². The van der Waals surface area contributed by atoms with Crippen molar-refractivity contribution in [3.8, 4) is 11.3 Å². The maximum atomic E-state index is 12.9. The second-order valence-electron chi connectivity index (χ2n) is 9.59. The summed E-state index contributed by atoms with van der Waals surface area (Å²) in [7, 11) is 0. The highest BCUT2D eigenvalue weighted by atomic mass is 16.5. The molecule has 0 aromatic carbocycles. The first-order chi connectivity index (χ1) is 18.1. The monoisotopic (exact) mass is 499 g/mol. The van der Waals surface area contributed by atoms with E-state index in [0.29, 0.717) is 31.9 Å². The van der Waals surface area contributed by atoms with Gasteiger partial charge in [0, 0.05) is 61.9 Å². The molecule has 190 valence electrons. The SMILES string of the molecule is C[C@H]1COCCN1c1cc(-c2cnc(N)nc2)nn2c(C3CCN(C(=O)c4cccnc4)CC3)cnc12. The molecular formula is C26H29N9O2. The van der Waals surface area contributed by atoms with Gasteiger partial charge < -0.3 is 20.3 Å². The van der Waals surface area contributed by atoms with E-state index in [0.717, 1.165) is 47.7 Å². The molecule has 0 saturated carbocycles. The van der Waals surface area contributed by atoms with Crippen LogP contribution in [0, 0.1) is 0 Å². The van der Waals surface area contributed by atoms with Gasteiger partial charge >= 0.3 is 0 Å². The number of fused-ring (bicyclic) bond motifs is 1. The first-order valence-corrected chi connectivity index (χ1v) is 12.6. The molecular weight excluding hydrogens is 470 g/mol. The maximum absolute atomic E-state index is 12.9. The molecule has 2 fully saturated rings. The maximum Gasteiger partial charge on any atom is 0.255 e. The Labute approximate surface area is 214 Å². The lowest BCUT2D eigenvalue weighted by Gasteiger charge is -2.35. The van der Waals surface area contributed by atoms with Gasteiger partial charge in [0.15, 0.2) is 5.65 Å². The Bertz CT molecular complexity index is 1400. The summed E-state index contributed by atoms with van der Waals surface area (Å²) in [6.45, 7) is 5.59. The van der Waals surface area contributed by atoms with Crippen LogP contribution in [0.15, 0.2) is 49.2 Å². The minimum atomic E-state index is 0.0250. The Hall–Kier alpha value is -4.12. The molecule has 0 bridgehead atoms. The number of anilines is 2. The average molecular weight is 500 g/mol. The van der Waals surface area contributed by atoms with Crippen LogP contribution in [-0.2, 0) is 4.74 Å². The molecule has 0 radical (unpaired) electrons. The summed E-state index contributed by atoms with van der Waals surface area (Å²) in [5, 5.41) is 4.98. The van der Waals surface area contributed by atoms with Crippen LogP contribution in [0.4, 0.5) is 11.6 Å². The quantitative estimate of drug-likeness (QED) is 0.450. The van der Waals surface area contributed by atoms with Crippen LogP contribution in [0.5, 0.6) is 0 Å². The van der Waals surface area contributed by atoms with Crippen molar-refractivity contribution in [3.63, 3.8) is 0 Å². The number of nitrogen functional groups attached to an aromatic ring is 1. The van der Waals surface area contributed by atoms with Crippen LogP contribution in [-0.4, -0.2) is 79.2 Å². The van der Waals surface area contributed by atoms with Gasteiger partial charge in [-0.05, 0) is 38.0 Å². The highest BCUT2D eigenvalue weighted by Crippen LogP contribution is 2.34. The number of hydrogen-bond acceptors (Lipinski definition) is 9. The Balaban J connectivity index is 1.34. The molecule has 4 aromatic heterocycles. The van der Waals surface area contributed by atoms with E-state index in [9.17, 15) is 4.79 Å². The standard InChI is InChI=1S/C26H29N9O2/c1-17-16-37-10-9-34(17)22-11-21(20-13-30-26(27)31-14-20)32-35-23(15-29-24(22)35)18-4-7-33(8-5-18)25(36)19-3-2-6-28-12-19/h2-3,6,11-15,17-18H,4-5,7-10,16H2,1H3,(H2,27,30,31)/t17-/m0/s1. The Morgan fingerprint density at radius 1 is 1.08 bits per heavy atom. The molecule has 11 heteroatoms. The van der Waals surface area contributed by atoms with E-state index in [4.69, 9.17) is 20.6 Å². The molecule has 6 heterocycles. The number of amides is 1. The fourth-order valence-corrected chi connectivity index (χ4v) is 5.21. The molecule has 2 aliphatic heterocycles. The normalized spacial score (nSPS) is 18.9. The second kappa shape index (κ2) is 9.74. The molecule has 37 heavy (non-hydrogen) atoms. The van der Waals surface area contributed by atoms with Gasteiger partial charge in [0.1, 0.15) is 0 Å². The van der Waals surface area contributed by atoms with Gasteiger partial charge in [-0.15, -0.1) is 0 Å². The van der Waals surface area contributed by atoms with Crippen molar-refractivity contribution >= 4 is 23.2 Å². The fraction of sp³-hybridized carbons (Fsp3) is 0.385. The largest absolute Gasteiger partial charge is 0.377 e. The first kappa shape index (κ1) is 23.3. The van der Waals surface area contributed by atoms with E-state index >= 15 is 0 Å². The predicted octanol–water partition coefficient (Wildman–Crippen LogP) is 2.41. The topological polar surface area (TPSA) is 128 Å². The van der Waals surface area contributed by atoms with Crippen molar-refractivity contribution < 1.29 is 9.53 Å². The smallest absolute Gasteiger partial charge is 0.255 e. The Morgan fingerprint density at radius 2 is 1.89 bits per heavy atom. The zero-order chi connectivity index (χ0) is 25.4. The number of rotatable bonds is 4. The number of imidazole rings is 1. The zero-order valence-corrected chi connectivity index (χ0v) is 20.7. The highest BCUT2D eigenvalue weighted by molar-refractivity contribution is 5.93. The van der Waals surface area contributed by atoms with Gasteiger partial charge in [-0.2, -0.15) is 5.10 Å². The molecule has 2 saturated heterocycles. The third-order valence-electron chi connectivity index (χ3n) is 7.23. The van der Waals surface area contributed by atoms with Crippen molar-refractivity contribution in [2.24, 2.45) is 0 Å². The molecule has 1 atom stereocenters. The summed E-state index contributed by atoms with van der Waals surface area (Å²) in [4.78, 5) is 34.4. The number of hydrogen-bond donors (Lipinski definition) is 1. The van der Waals surface area contributed by atoms with E-state index in [2.05, 4.69) is 32.8 Å². The molecule has 0 aliphatic carbocycles. The van der Waals surface area contributed by atoms with Crippen LogP contribution in [0.25, 0.3) is 16.9 Å². The highest BCUT2D eigenvalue weighted by Gasteiger charge is 2.29. The van der Waals surface area contributed by atoms with Gasteiger partial charge in [0.25, 0.3) is 5.91 Å². The van der Waals surface area contributed by atoms with Gasteiger partial charge in [-0.1, -0.05) is 0 Å². The summed E-state index contributed by atoms with van der Waals surface area (Å²) in [6, 6.07) is 5.86. The molecule has 2 aliphatic rings. The summed E-state index contributed by atoms with van der Waals surface area (Å²) in [5.74, 6) is 0.480. The Kier molecular flexibility index (Phi) is 6.13. The van der Waals surface area contributed by atoms with E-state index in [1.165, 1.54) is 0 Å². The van der Waals surface area contributed by atoms with Crippen molar-refractivity contribution in [3.05, 3.63) is 60.4 Å². The number of ether oxygens (including phenoxy) is 1. The summed E-state index contributed by atoms with van der Waals surface area (Å²) in [5.41, 5.74) is 10.8. The Morgan fingerprint density at radius 3 is 2.62 bits per heavy atom. The molecule has 1 amide bonds. The van der Waals surface area contributed by atoms with Crippen molar-refractivity contribution in [1.82, 2.24) is 34.4 Å². The van der Waals surface area contributed by atoms with Crippen LogP contribution < -0.4 is 10.6 Å². The van der Waals surface area contributed by atoms with Gasteiger partial charge in [-0.3, -0.25) is 9.78 Å². The fourth-order valence-electron chi connectivity index (χ4n) is 5.21. The second-order valence-corrected chi connectivity index (χ2v) is 9.59. The van der Waals surface area contributed by atoms with Crippen LogP contribution in [0.1, 0.15) is 41.7 Å². The van der Waals surface area contributed by atoms with Gasteiger partial charge in [0.2, 0.25) is 5.95 Å². The molecule has 4 aromatic rings. The molecule has 0 unspecified atom stereocenters. The van der Waals surface area contributed by atoms with Crippen molar-refractivity contribution in [1.29, 1.82) is 0 Å². The van der Waals surface area contributed by atoms with E-state index in [-0.39, 0.29) is 23.8 Å². The van der Waals surface area contributed by atoms with E-state index in [1.54, 1.807) is 30.9 Å². The van der Waals surface area contributed by atoms with Crippen LogP contribution >= 0.6 is 0 Å². The number of aromatic nitrogens is 6. The predicted molar refractivity (Wildman–Crippen MR) is 138 cm³/mol. The summed E-state index contributed by atoms with van der Waals surface area (Å²) < 4.78 is 7.65. The number of carbonyl (C=O) groups is 1. The number of pyridine rings is 1. The zero-order valence-electron chi connectivity index (χ0n) is 20.7. The third-order valence-corrected chi connectivity index (χ3v) is 7.23.